The Morgan fingerprint density at radius 3 is 2.61 bits per heavy atom. The van der Waals surface area contributed by atoms with E-state index < -0.39 is 18.0 Å². The summed E-state index contributed by atoms with van der Waals surface area (Å²) < 4.78 is 20.7. The molecule has 0 spiro atoms. The van der Waals surface area contributed by atoms with Crippen LogP contribution in [0.15, 0.2) is 47.4 Å². The van der Waals surface area contributed by atoms with Gasteiger partial charge in [0.1, 0.15) is 16.2 Å². The molecular weight excluding hydrogens is 465 g/mol. The number of carbonyl (C=O) groups is 3. The summed E-state index contributed by atoms with van der Waals surface area (Å²) in [5, 5.41) is 2.61. The van der Waals surface area contributed by atoms with E-state index >= 15 is 0 Å². The molecule has 1 N–H and O–H groups in total. The zero-order valence-electron chi connectivity index (χ0n) is 17.8. The van der Waals surface area contributed by atoms with Crippen LogP contribution in [0.25, 0.3) is 17.2 Å². The van der Waals surface area contributed by atoms with Crippen LogP contribution in [0.4, 0.5) is 14.9 Å². The quantitative estimate of drug-likeness (QED) is 0.513. The highest BCUT2D eigenvalue weighted by molar-refractivity contribution is 8.26. The summed E-state index contributed by atoms with van der Waals surface area (Å²) in [7, 11) is 1.64. The van der Waals surface area contributed by atoms with Gasteiger partial charge in [0, 0.05) is 19.5 Å². The van der Waals surface area contributed by atoms with Crippen molar-refractivity contribution in [2.24, 2.45) is 0 Å². The number of amides is 3. The van der Waals surface area contributed by atoms with Crippen molar-refractivity contribution in [3.63, 3.8) is 0 Å². The van der Waals surface area contributed by atoms with Crippen molar-refractivity contribution in [2.75, 3.05) is 25.0 Å². The van der Waals surface area contributed by atoms with Crippen LogP contribution in [-0.4, -0.2) is 53.4 Å². The lowest BCUT2D eigenvalue weighted by Crippen LogP contribution is -2.33. The van der Waals surface area contributed by atoms with Crippen molar-refractivity contribution in [3.8, 4) is 11.1 Å². The average molecular weight is 486 g/mol. The predicted octanol–water partition coefficient (Wildman–Crippen LogP) is 3.79. The van der Waals surface area contributed by atoms with Gasteiger partial charge in [-0.1, -0.05) is 48.2 Å². The highest BCUT2D eigenvalue weighted by Gasteiger charge is 2.33. The number of rotatable bonds is 5. The standard InChI is InChI=1S/C23H20FN3O4S2/c1-13(28)25-11-17-12-27(22(30)31-17)16-7-8-18(19(24)10-16)15-5-3-14(4-6-15)9-20-21(29)26(2)23(32)33-20/h3-10,17H,11-12H2,1-2H3,(H,25,28)/b20-9-/t17-/m0/s1. The molecule has 0 aromatic heterocycles. The minimum Gasteiger partial charge on any atom is -0.442 e. The molecule has 0 saturated carbocycles. The second-order valence-corrected chi connectivity index (χ2v) is 9.26. The highest BCUT2D eigenvalue weighted by atomic mass is 32.2. The number of nitrogens with one attached hydrogen (secondary N) is 1. The fraction of sp³-hybridized carbons (Fsp3) is 0.217. The number of benzene rings is 2. The summed E-state index contributed by atoms with van der Waals surface area (Å²) in [4.78, 5) is 38.7. The first kappa shape index (κ1) is 22.9. The molecule has 2 fully saturated rings. The monoisotopic (exact) mass is 485 g/mol. The van der Waals surface area contributed by atoms with Gasteiger partial charge in [0.05, 0.1) is 23.7 Å². The lowest BCUT2D eigenvalue weighted by molar-refractivity contribution is -0.121. The van der Waals surface area contributed by atoms with Crippen LogP contribution in [0.3, 0.4) is 0 Å². The number of hydrogen-bond acceptors (Lipinski definition) is 6. The molecule has 7 nitrogen and oxygen atoms in total. The van der Waals surface area contributed by atoms with Crippen molar-refractivity contribution in [3.05, 3.63) is 58.8 Å². The molecule has 10 heteroatoms. The highest BCUT2D eigenvalue weighted by Crippen LogP contribution is 2.33. The maximum Gasteiger partial charge on any atom is 0.414 e. The molecular formula is C23H20FN3O4S2. The van der Waals surface area contributed by atoms with Crippen LogP contribution in [0.1, 0.15) is 12.5 Å². The SMILES string of the molecule is CC(=O)NC[C@H]1CN(c2ccc(-c3ccc(/C=C4\SC(=S)N(C)C4=O)cc3)c(F)c2)C(=O)O1. The van der Waals surface area contributed by atoms with E-state index in [1.165, 1.54) is 34.6 Å². The molecule has 0 bridgehead atoms. The topological polar surface area (TPSA) is 79.0 Å². The molecule has 4 rings (SSSR count). The van der Waals surface area contributed by atoms with Crippen LogP contribution in [-0.2, 0) is 14.3 Å². The Labute approximate surface area is 199 Å². The number of hydrogen-bond donors (Lipinski definition) is 1. The first-order chi connectivity index (χ1) is 15.7. The molecule has 2 aromatic carbocycles. The number of cyclic esters (lactones) is 1. The molecule has 2 aliphatic heterocycles. The number of ether oxygens (including phenoxy) is 1. The van der Waals surface area contributed by atoms with E-state index in [2.05, 4.69) is 5.32 Å². The zero-order chi connectivity index (χ0) is 23.7. The zero-order valence-corrected chi connectivity index (χ0v) is 19.5. The number of thioether (sulfide) groups is 1. The van der Waals surface area contributed by atoms with Crippen LogP contribution in [0.5, 0.6) is 0 Å². The largest absolute Gasteiger partial charge is 0.442 e. The first-order valence-corrected chi connectivity index (χ1v) is 11.3. The van der Waals surface area contributed by atoms with Crippen molar-refractivity contribution < 1.29 is 23.5 Å². The van der Waals surface area contributed by atoms with Crippen LogP contribution in [0, 0.1) is 5.82 Å². The number of carbonyl (C=O) groups excluding carboxylic acids is 3. The number of nitrogens with zero attached hydrogens (tertiary/aromatic N) is 2. The van der Waals surface area contributed by atoms with Gasteiger partial charge < -0.3 is 10.1 Å². The summed E-state index contributed by atoms with van der Waals surface area (Å²) in [6, 6.07) is 11.7. The smallest absolute Gasteiger partial charge is 0.414 e. The van der Waals surface area contributed by atoms with E-state index in [1.54, 1.807) is 49.5 Å². The Hall–Kier alpha value is -3.24. The van der Waals surface area contributed by atoms with Gasteiger partial charge in [-0.25, -0.2) is 9.18 Å². The van der Waals surface area contributed by atoms with Gasteiger partial charge in [-0.15, -0.1) is 0 Å². The van der Waals surface area contributed by atoms with Crippen molar-refractivity contribution in [1.82, 2.24) is 10.2 Å². The van der Waals surface area contributed by atoms with Crippen LogP contribution in [0.2, 0.25) is 0 Å². The third kappa shape index (κ3) is 4.91. The number of halogens is 1. The van der Waals surface area contributed by atoms with Gasteiger partial charge in [0.15, 0.2) is 0 Å². The minimum absolute atomic E-state index is 0.143. The van der Waals surface area contributed by atoms with Crippen molar-refractivity contribution >= 4 is 58.0 Å². The van der Waals surface area contributed by atoms with E-state index in [1.807, 2.05) is 0 Å². The summed E-state index contributed by atoms with van der Waals surface area (Å²) in [6.07, 6.45) is 0.673. The molecule has 3 amide bonds. The van der Waals surface area contributed by atoms with Gasteiger partial charge in [-0.3, -0.25) is 19.4 Å². The number of likely N-dealkylation sites (N-methyl/N-ethyl adjacent to an activating group) is 1. The molecule has 2 heterocycles. The van der Waals surface area contributed by atoms with Gasteiger partial charge in [0.2, 0.25) is 5.91 Å². The average Bonchev–Trinajstić information content (AvgIpc) is 3.27. The Kier molecular flexibility index (Phi) is 6.48. The number of thiocarbonyl (C=S) groups is 1. The van der Waals surface area contributed by atoms with Gasteiger partial charge >= 0.3 is 6.09 Å². The summed E-state index contributed by atoms with van der Waals surface area (Å²) in [5.41, 5.74) is 2.22. The minimum atomic E-state index is -0.584. The van der Waals surface area contributed by atoms with E-state index in [0.717, 1.165) is 5.56 Å². The summed E-state index contributed by atoms with van der Waals surface area (Å²) >= 11 is 6.38. The maximum absolute atomic E-state index is 14.9. The van der Waals surface area contributed by atoms with Gasteiger partial charge in [-0.05, 0) is 35.4 Å². The third-order valence-corrected chi connectivity index (χ3v) is 6.71. The Balaban J connectivity index is 1.48. The van der Waals surface area contributed by atoms with Crippen LogP contribution >= 0.6 is 24.0 Å². The molecule has 33 heavy (non-hydrogen) atoms. The second kappa shape index (κ2) is 9.32. The first-order valence-electron chi connectivity index (χ1n) is 10.1. The van der Waals surface area contributed by atoms with Gasteiger partial charge in [-0.2, -0.15) is 0 Å². The normalized spacial score (nSPS) is 19.4. The second-order valence-electron chi connectivity index (χ2n) is 7.58. The Morgan fingerprint density at radius 2 is 2.00 bits per heavy atom. The van der Waals surface area contributed by atoms with E-state index in [9.17, 15) is 18.8 Å². The third-order valence-electron chi connectivity index (χ3n) is 5.22. The summed E-state index contributed by atoms with van der Waals surface area (Å²) in [6.45, 7) is 1.80. The van der Waals surface area contributed by atoms with E-state index in [4.69, 9.17) is 17.0 Å². The van der Waals surface area contributed by atoms with Gasteiger partial charge in [0.25, 0.3) is 5.91 Å². The lowest BCUT2D eigenvalue weighted by Gasteiger charge is -2.14. The number of anilines is 1. The molecule has 2 aliphatic rings. The maximum atomic E-state index is 14.9. The van der Waals surface area contributed by atoms with Crippen LogP contribution < -0.4 is 10.2 Å². The molecule has 2 saturated heterocycles. The molecule has 0 unspecified atom stereocenters. The van der Waals surface area contributed by atoms with Crippen molar-refractivity contribution in [1.29, 1.82) is 0 Å². The summed E-state index contributed by atoms with van der Waals surface area (Å²) in [5.74, 6) is -0.841. The lowest BCUT2D eigenvalue weighted by atomic mass is 10.0. The molecule has 2 aromatic rings. The fourth-order valence-corrected chi connectivity index (χ4v) is 4.64. The fourth-order valence-electron chi connectivity index (χ4n) is 3.46. The van der Waals surface area contributed by atoms with E-state index in [-0.39, 0.29) is 24.9 Å². The Morgan fingerprint density at radius 1 is 1.27 bits per heavy atom. The van der Waals surface area contributed by atoms with E-state index in [0.29, 0.717) is 26.0 Å². The van der Waals surface area contributed by atoms with Crippen molar-refractivity contribution in [2.45, 2.75) is 13.0 Å². The molecule has 170 valence electrons. The molecule has 1 atom stereocenters. The Bertz CT molecular complexity index is 1180. The predicted molar refractivity (Wildman–Crippen MR) is 129 cm³/mol. The molecule has 0 radical (unpaired) electrons. The molecule has 0 aliphatic carbocycles.